The molecule has 0 aliphatic heterocycles. The first kappa shape index (κ1) is 14.9. The number of nitrogens with zero attached hydrogens (tertiary/aromatic N) is 1. The van der Waals surface area contributed by atoms with Gasteiger partial charge in [0.25, 0.3) is 0 Å². The molecule has 0 saturated heterocycles. The Morgan fingerprint density at radius 2 is 1.94 bits per heavy atom. The van der Waals surface area contributed by atoms with E-state index in [0.29, 0.717) is 0 Å². The molecular weight excluding hydrogens is 224 g/mol. The Morgan fingerprint density at radius 3 is 2.50 bits per heavy atom. The van der Waals surface area contributed by atoms with E-state index >= 15 is 0 Å². The summed E-state index contributed by atoms with van der Waals surface area (Å²) in [6.45, 7) is 5.92. The number of likely N-dealkylation sites (N-methyl/N-ethyl adjacent to an activating group) is 1. The molecule has 1 rings (SSSR count). The van der Waals surface area contributed by atoms with E-state index in [4.69, 9.17) is 0 Å². The molecule has 0 saturated carbocycles. The minimum Gasteiger partial charge on any atom is -0.320 e. The summed E-state index contributed by atoms with van der Waals surface area (Å²) in [5, 5.41) is 3.12. The topological polar surface area (TPSA) is 32.3 Å². The molecule has 0 aliphatic rings. The number of rotatable bonds is 7. The maximum atomic E-state index is 12.3. The second kappa shape index (κ2) is 7.29. The Hall–Kier alpha value is -1.19. The van der Waals surface area contributed by atoms with Crippen LogP contribution in [0.5, 0.6) is 0 Å². The zero-order valence-electron chi connectivity index (χ0n) is 11.9. The van der Waals surface area contributed by atoms with Crippen molar-refractivity contribution in [3.8, 4) is 0 Å². The highest BCUT2D eigenvalue weighted by molar-refractivity contribution is 5.99. The van der Waals surface area contributed by atoms with Crippen molar-refractivity contribution in [1.82, 2.24) is 10.2 Å². The van der Waals surface area contributed by atoms with E-state index in [1.807, 2.05) is 52.2 Å². The fraction of sp³-hybridized carbons (Fsp3) is 0.533. The van der Waals surface area contributed by atoms with Gasteiger partial charge in [-0.25, -0.2) is 0 Å². The van der Waals surface area contributed by atoms with E-state index in [0.717, 1.165) is 25.1 Å². The van der Waals surface area contributed by atoms with Crippen LogP contribution < -0.4 is 5.32 Å². The molecule has 0 radical (unpaired) electrons. The molecule has 1 N–H and O–H groups in total. The lowest BCUT2D eigenvalue weighted by Gasteiger charge is -2.23. The summed E-state index contributed by atoms with van der Waals surface area (Å²) in [5.74, 6) is 0.196. The lowest BCUT2D eigenvalue weighted by atomic mass is 10.0. The van der Waals surface area contributed by atoms with Gasteiger partial charge in [0.05, 0.1) is 6.04 Å². The van der Waals surface area contributed by atoms with Gasteiger partial charge in [0.1, 0.15) is 0 Å². The van der Waals surface area contributed by atoms with Crippen molar-refractivity contribution in [2.24, 2.45) is 0 Å². The van der Waals surface area contributed by atoms with Crippen LogP contribution in [0.3, 0.4) is 0 Å². The predicted molar refractivity (Wildman–Crippen MR) is 76.1 cm³/mol. The van der Waals surface area contributed by atoms with Gasteiger partial charge in [0, 0.05) is 5.56 Å². The highest BCUT2D eigenvalue weighted by Crippen LogP contribution is 2.09. The van der Waals surface area contributed by atoms with Crippen molar-refractivity contribution < 1.29 is 4.79 Å². The number of benzene rings is 1. The molecular formula is C15H24N2O. The summed E-state index contributed by atoms with van der Waals surface area (Å²) >= 11 is 0. The molecule has 0 amide bonds. The van der Waals surface area contributed by atoms with Crippen LogP contribution in [-0.2, 0) is 0 Å². The molecule has 0 spiro atoms. The van der Waals surface area contributed by atoms with Crippen molar-refractivity contribution in [1.29, 1.82) is 0 Å². The standard InChI is InChI=1S/C15H24N2O/c1-12-6-8-14(9-7-12)15(18)13(2)17(4)11-5-10-16-3/h6-9,13,16H,5,10-11H2,1-4H3. The zero-order valence-corrected chi connectivity index (χ0v) is 11.9. The number of ketones is 1. The zero-order chi connectivity index (χ0) is 13.5. The Morgan fingerprint density at radius 1 is 1.33 bits per heavy atom. The van der Waals surface area contributed by atoms with Crippen molar-refractivity contribution in [2.75, 3.05) is 27.2 Å². The molecule has 3 heteroatoms. The number of nitrogens with one attached hydrogen (secondary N) is 1. The van der Waals surface area contributed by atoms with Gasteiger partial charge >= 0.3 is 0 Å². The van der Waals surface area contributed by atoms with Crippen LogP contribution in [0.25, 0.3) is 0 Å². The molecule has 1 aromatic carbocycles. The van der Waals surface area contributed by atoms with E-state index in [1.165, 1.54) is 5.56 Å². The van der Waals surface area contributed by atoms with E-state index in [2.05, 4.69) is 10.2 Å². The lowest BCUT2D eigenvalue weighted by molar-refractivity contribution is 0.0868. The quantitative estimate of drug-likeness (QED) is 0.592. The predicted octanol–water partition coefficient (Wildman–Crippen LogP) is 2.11. The van der Waals surface area contributed by atoms with Crippen molar-refractivity contribution >= 4 is 5.78 Å². The third kappa shape index (κ3) is 4.24. The summed E-state index contributed by atoms with van der Waals surface area (Å²) in [4.78, 5) is 14.4. The molecule has 100 valence electrons. The van der Waals surface area contributed by atoms with Gasteiger partial charge in [0.15, 0.2) is 5.78 Å². The summed E-state index contributed by atoms with van der Waals surface area (Å²) in [6, 6.07) is 7.73. The van der Waals surface area contributed by atoms with Crippen LogP contribution in [0.15, 0.2) is 24.3 Å². The first-order chi connectivity index (χ1) is 8.56. The molecule has 0 fully saturated rings. The molecule has 3 nitrogen and oxygen atoms in total. The fourth-order valence-electron chi connectivity index (χ4n) is 1.86. The Labute approximate surface area is 110 Å². The number of Topliss-reactive ketones (excluding diaryl/α,β-unsaturated/α-hetero) is 1. The normalized spacial score (nSPS) is 12.7. The van der Waals surface area contributed by atoms with Gasteiger partial charge < -0.3 is 5.32 Å². The van der Waals surface area contributed by atoms with E-state index in [-0.39, 0.29) is 11.8 Å². The smallest absolute Gasteiger partial charge is 0.179 e. The maximum absolute atomic E-state index is 12.3. The van der Waals surface area contributed by atoms with Gasteiger partial charge in [0.2, 0.25) is 0 Å². The minimum absolute atomic E-state index is 0.0652. The van der Waals surface area contributed by atoms with Gasteiger partial charge in [-0.1, -0.05) is 29.8 Å². The SMILES string of the molecule is CNCCCN(C)C(C)C(=O)c1ccc(C)cc1. The highest BCUT2D eigenvalue weighted by atomic mass is 16.1. The molecule has 0 aromatic heterocycles. The average molecular weight is 248 g/mol. The average Bonchev–Trinajstić information content (AvgIpc) is 2.38. The highest BCUT2D eigenvalue weighted by Gasteiger charge is 2.18. The van der Waals surface area contributed by atoms with Gasteiger partial charge in [-0.15, -0.1) is 0 Å². The first-order valence-corrected chi connectivity index (χ1v) is 6.52. The molecule has 18 heavy (non-hydrogen) atoms. The van der Waals surface area contributed by atoms with Crippen LogP contribution in [-0.4, -0.2) is 43.9 Å². The Balaban J connectivity index is 2.57. The van der Waals surface area contributed by atoms with Crippen LogP contribution in [0.1, 0.15) is 29.3 Å². The first-order valence-electron chi connectivity index (χ1n) is 6.52. The summed E-state index contributed by atoms with van der Waals surface area (Å²) < 4.78 is 0. The van der Waals surface area contributed by atoms with Crippen molar-refractivity contribution in [3.05, 3.63) is 35.4 Å². The molecule has 1 aromatic rings. The molecule has 0 heterocycles. The Kier molecular flexibility index (Phi) is 6.02. The summed E-state index contributed by atoms with van der Waals surface area (Å²) in [6.07, 6.45) is 1.05. The Bertz CT molecular complexity index is 373. The second-order valence-corrected chi connectivity index (χ2v) is 4.84. The third-order valence-corrected chi connectivity index (χ3v) is 3.31. The molecule has 0 aliphatic carbocycles. The monoisotopic (exact) mass is 248 g/mol. The van der Waals surface area contributed by atoms with Gasteiger partial charge in [-0.05, 0) is 47.5 Å². The lowest BCUT2D eigenvalue weighted by Crippen LogP contribution is -2.37. The van der Waals surface area contributed by atoms with Crippen molar-refractivity contribution in [2.45, 2.75) is 26.3 Å². The van der Waals surface area contributed by atoms with Crippen LogP contribution in [0.2, 0.25) is 0 Å². The van der Waals surface area contributed by atoms with E-state index in [9.17, 15) is 4.79 Å². The fourth-order valence-corrected chi connectivity index (χ4v) is 1.86. The number of hydrogen-bond donors (Lipinski definition) is 1. The van der Waals surface area contributed by atoms with Crippen LogP contribution >= 0.6 is 0 Å². The van der Waals surface area contributed by atoms with Gasteiger partial charge in [-0.2, -0.15) is 0 Å². The number of carbonyl (C=O) groups is 1. The summed E-state index contributed by atoms with van der Waals surface area (Å²) in [7, 11) is 3.95. The molecule has 1 unspecified atom stereocenters. The van der Waals surface area contributed by atoms with E-state index < -0.39 is 0 Å². The largest absolute Gasteiger partial charge is 0.320 e. The number of hydrogen-bond acceptors (Lipinski definition) is 3. The second-order valence-electron chi connectivity index (χ2n) is 4.84. The van der Waals surface area contributed by atoms with Crippen LogP contribution in [0, 0.1) is 6.92 Å². The molecule has 1 atom stereocenters. The molecule has 0 bridgehead atoms. The third-order valence-electron chi connectivity index (χ3n) is 3.31. The number of carbonyl (C=O) groups excluding carboxylic acids is 1. The van der Waals surface area contributed by atoms with Crippen LogP contribution in [0.4, 0.5) is 0 Å². The maximum Gasteiger partial charge on any atom is 0.179 e. The van der Waals surface area contributed by atoms with E-state index in [1.54, 1.807) is 0 Å². The summed E-state index contributed by atoms with van der Waals surface area (Å²) in [5.41, 5.74) is 1.98. The number of aryl methyl sites for hydroxylation is 1. The minimum atomic E-state index is -0.0652. The van der Waals surface area contributed by atoms with Gasteiger partial charge in [-0.3, -0.25) is 9.69 Å². The van der Waals surface area contributed by atoms with Crippen molar-refractivity contribution in [3.63, 3.8) is 0 Å².